The number of carbonyl (C=O) groups is 2. The Labute approximate surface area is 342 Å². The van der Waals surface area contributed by atoms with Gasteiger partial charge < -0.3 is 31.6 Å². The fraction of sp³-hybridized carbons (Fsp3) is 0.174. The van der Waals surface area contributed by atoms with Crippen LogP contribution in [0.25, 0.3) is 61.6 Å². The molecule has 11 heteroatoms. The number of allylic oxidation sites excluding steroid dienone is 5. The maximum absolute atomic E-state index is 11.5. The molecule has 5 aromatic rings. The monoisotopic (exact) mass is 800 g/mol. The Hall–Kier alpha value is -6.42. The molecule has 0 radical (unpaired) electrons. The molecular formula is C46H44FeN6O4. The first kappa shape index (κ1) is 41.7. The predicted molar refractivity (Wildman–Crippen MR) is 227 cm³/mol. The Morgan fingerprint density at radius 1 is 0.632 bits per heavy atom. The topological polar surface area (TPSA) is 181 Å². The van der Waals surface area contributed by atoms with Gasteiger partial charge in [0.15, 0.2) is 0 Å². The molecule has 10 nitrogen and oxygen atoms in total. The largest absolute Gasteiger partial charge is 2.00 e. The summed E-state index contributed by atoms with van der Waals surface area (Å²) in [6, 6.07) is 23.2. The molecule has 0 fully saturated rings. The van der Waals surface area contributed by atoms with Crippen molar-refractivity contribution in [2.24, 2.45) is 0 Å². The zero-order valence-electron chi connectivity index (χ0n) is 32.3. The number of carboxylic acids is 2. The van der Waals surface area contributed by atoms with Crippen molar-refractivity contribution in [1.29, 1.82) is 0 Å². The molecule has 5 heterocycles. The van der Waals surface area contributed by atoms with Gasteiger partial charge in [-0.1, -0.05) is 90.5 Å². The molecule has 290 valence electrons. The number of anilines is 2. The molecule has 2 aromatic carbocycles. The molecule has 2 aliphatic heterocycles. The third kappa shape index (κ3) is 9.02. The molecule has 3 aromatic heterocycles. The second kappa shape index (κ2) is 17.6. The van der Waals surface area contributed by atoms with Crippen LogP contribution in [0.15, 0.2) is 92.0 Å². The number of fused-ring (bicyclic) bond motifs is 8. The second-order valence-electron chi connectivity index (χ2n) is 13.8. The van der Waals surface area contributed by atoms with Crippen LogP contribution < -0.4 is 21.4 Å². The number of nitrogens with two attached hydrogens (primary N) is 2. The van der Waals surface area contributed by atoms with E-state index in [1.807, 2.05) is 100 Å². The fourth-order valence-electron chi connectivity index (χ4n) is 6.96. The summed E-state index contributed by atoms with van der Waals surface area (Å²) in [6.45, 7) is 15.9. The van der Waals surface area contributed by atoms with Gasteiger partial charge in [0.1, 0.15) is 0 Å². The molecule has 0 atom stereocenters. The standard InChI is InChI=1S/C34H34N4O4.C12H12N2.Fe/c1-7-21-17(3)25-13-26-19(5)23(9-11-33(39)40)31(37-26)16-32-24(10-12-34(41)42)20(6)28(38-32)15-30-22(8-2)18(4)27(36-30)14-29(21)35-25;13-11-5-1-9(2-6-11)10-3-7-12(14)8-4-10;/h7-8,13-16H,1-2,9-12H2,3-6H3,(H4,35,36,37,38,39,40,41,42);1-8H,13-14H2;/q;;+2/p-2. The SMILES string of the molecule is C=CC1=C(C)c2cc3[n-]c(cc4nc(cc5[n-]c(cc1n2)c(C)c5C=C)C(C)=C4CCC(=O)O)c(CCC(=O)O)c3C.Nc1ccc(-c2ccc(N)cc2)cc1.[Fe+2]. The molecule has 8 bridgehead atoms. The van der Waals surface area contributed by atoms with Crippen molar-refractivity contribution in [3.8, 4) is 11.1 Å². The van der Waals surface area contributed by atoms with E-state index in [1.54, 1.807) is 12.2 Å². The average Bonchev–Trinajstić information content (AvgIpc) is 3.83. The summed E-state index contributed by atoms with van der Waals surface area (Å²) in [6.07, 6.45) is 4.06. The van der Waals surface area contributed by atoms with Gasteiger partial charge in [-0.05, 0) is 98.2 Å². The molecule has 0 spiro atoms. The molecule has 6 N–H and O–H groups in total. The van der Waals surface area contributed by atoms with Crippen molar-refractivity contribution in [1.82, 2.24) is 19.9 Å². The van der Waals surface area contributed by atoms with E-state index in [4.69, 9.17) is 31.4 Å². The van der Waals surface area contributed by atoms with Gasteiger partial charge >= 0.3 is 29.0 Å². The normalized spacial score (nSPS) is 12.1. The van der Waals surface area contributed by atoms with Gasteiger partial charge in [-0.3, -0.25) is 9.59 Å². The smallest absolute Gasteiger partial charge is 0.657 e. The third-order valence-corrected chi connectivity index (χ3v) is 10.2. The maximum atomic E-state index is 11.5. The molecular weight excluding hydrogens is 756 g/mol. The summed E-state index contributed by atoms with van der Waals surface area (Å²) in [4.78, 5) is 42.7. The summed E-state index contributed by atoms with van der Waals surface area (Å²) in [5, 5.41) is 18.9. The molecule has 2 aliphatic rings. The van der Waals surface area contributed by atoms with E-state index in [1.165, 1.54) is 0 Å². The molecule has 0 saturated carbocycles. The van der Waals surface area contributed by atoms with E-state index >= 15 is 0 Å². The van der Waals surface area contributed by atoms with Gasteiger partial charge in [-0.25, -0.2) is 9.97 Å². The Balaban J connectivity index is 0.000000347. The predicted octanol–water partition coefficient (Wildman–Crippen LogP) is 9.28. The van der Waals surface area contributed by atoms with Crippen molar-refractivity contribution < 1.29 is 36.9 Å². The zero-order chi connectivity index (χ0) is 40.3. The number of benzene rings is 2. The number of nitrogen functional groups attached to an aromatic ring is 2. The zero-order valence-corrected chi connectivity index (χ0v) is 33.4. The first-order chi connectivity index (χ1) is 26.8. The minimum Gasteiger partial charge on any atom is -0.657 e. The van der Waals surface area contributed by atoms with Crippen LogP contribution in [-0.4, -0.2) is 32.1 Å². The number of aliphatic carboxylic acids is 2. The summed E-state index contributed by atoms with van der Waals surface area (Å²) < 4.78 is 0. The van der Waals surface area contributed by atoms with Gasteiger partial charge in [-0.15, -0.1) is 22.1 Å². The number of rotatable bonds is 9. The summed E-state index contributed by atoms with van der Waals surface area (Å²) >= 11 is 0. The van der Waals surface area contributed by atoms with Crippen LogP contribution in [0.3, 0.4) is 0 Å². The van der Waals surface area contributed by atoms with Crippen LogP contribution >= 0.6 is 0 Å². The number of nitrogens with zero attached hydrogens (tertiary/aromatic N) is 4. The quantitative estimate of drug-likeness (QED) is 0.0829. The Bertz CT molecular complexity index is 2590. The maximum Gasteiger partial charge on any atom is 2.00 e. The van der Waals surface area contributed by atoms with Crippen LogP contribution in [0.1, 0.15) is 78.1 Å². The Morgan fingerprint density at radius 3 is 1.67 bits per heavy atom. The van der Waals surface area contributed by atoms with E-state index < -0.39 is 11.9 Å². The van der Waals surface area contributed by atoms with Crippen molar-refractivity contribution >= 4 is 73.7 Å². The van der Waals surface area contributed by atoms with Gasteiger partial charge in [0, 0.05) is 29.8 Å². The van der Waals surface area contributed by atoms with Gasteiger partial charge in [0.25, 0.3) is 0 Å². The van der Waals surface area contributed by atoms with E-state index in [0.29, 0.717) is 40.8 Å². The number of hydrogen-bond acceptors (Lipinski definition) is 6. The summed E-state index contributed by atoms with van der Waals surface area (Å²) in [5.41, 5.74) is 27.7. The van der Waals surface area contributed by atoms with E-state index in [-0.39, 0.29) is 29.9 Å². The molecule has 0 saturated heterocycles. The van der Waals surface area contributed by atoms with Crippen molar-refractivity contribution in [3.05, 3.63) is 137 Å². The van der Waals surface area contributed by atoms with Crippen LogP contribution in [0.5, 0.6) is 0 Å². The molecule has 0 unspecified atom stereocenters. The van der Waals surface area contributed by atoms with E-state index in [9.17, 15) is 19.8 Å². The summed E-state index contributed by atoms with van der Waals surface area (Å²) in [5.74, 6) is -1.80. The first-order valence-corrected chi connectivity index (χ1v) is 18.2. The fourth-order valence-corrected chi connectivity index (χ4v) is 6.96. The number of carboxylic acid groups (broad SMARTS) is 2. The first-order valence-electron chi connectivity index (χ1n) is 18.2. The minimum absolute atomic E-state index is 0. The van der Waals surface area contributed by atoms with Crippen molar-refractivity contribution in [2.75, 3.05) is 11.5 Å². The molecule has 0 aliphatic carbocycles. The van der Waals surface area contributed by atoms with Crippen molar-refractivity contribution in [2.45, 2.75) is 53.4 Å². The van der Waals surface area contributed by atoms with Crippen LogP contribution in [0, 0.1) is 13.8 Å². The third-order valence-electron chi connectivity index (χ3n) is 10.2. The van der Waals surface area contributed by atoms with E-state index in [0.717, 1.165) is 84.0 Å². The Kier molecular flexibility index (Phi) is 12.9. The molecule has 7 rings (SSSR count). The van der Waals surface area contributed by atoms with Crippen LogP contribution in [0.2, 0.25) is 0 Å². The average molecular weight is 801 g/mol. The number of aryl methyl sites for hydroxylation is 3. The van der Waals surface area contributed by atoms with Crippen LogP contribution in [-0.2, 0) is 33.1 Å². The molecule has 0 amide bonds. The van der Waals surface area contributed by atoms with Gasteiger partial charge in [0.05, 0.1) is 22.8 Å². The number of aromatic nitrogens is 4. The van der Waals surface area contributed by atoms with Gasteiger partial charge in [0.2, 0.25) is 0 Å². The number of hydrogen-bond donors (Lipinski definition) is 4. The Morgan fingerprint density at radius 2 is 1.11 bits per heavy atom. The van der Waals surface area contributed by atoms with E-state index in [2.05, 4.69) is 13.2 Å². The summed E-state index contributed by atoms with van der Waals surface area (Å²) in [7, 11) is 0. The minimum atomic E-state index is -0.898. The molecule has 57 heavy (non-hydrogen) atoms. The van der Waals surface area contributed by atoms with Gasteiger partial charge in [-0.2, -0.15) is 0 Å². The van der Waals surface area contributed by atoms with Crippen molar-refractivity contribution in [3.63, 3.8) is 0 Å². The van der Waals surface area contributed by atoms with Crippen LogP contribution in [0.4, 0.5) is 11.4 Å². The second-order valence-corrected chi connectivity index (χ2v) is 13.8.